The van der Waals surface area contributed by atoms with Gasteiger partial charge in [0.1, 0.15) is 0 Å². The Morgan fingerprint density at radius 1 is 0.571 bits per heavy atom. The lowest BCUT2D eigenvalue weighted by Gasteiger charge is -2.23. The molecule has 0 bridgehead atoms. The van der Waals surface area contributed by atoms with E-state index in [-0.39, 0.29) is 12.3 Å². The summed E-state index contributed by atoms with van der Waals surface area (Å²) in [4.78, 5) is 12.5. The Kier molecular flexibility index (Phi) is 34.0. The van der Waals surface area contributed by atoms with Crippen LogP contribution in [0.5, 0.6) is 0 Å². The number of hydrogen-bond acceptors (Lipinski definition) is 4. The molecule has 0 saturated carbocycles. The Morgan fingerprint density at radius 2 is 0.980 bits per heavy atom. The first kappa shape index (κ1) is 46.8. The van der Waals surface area contributed by atoms with Crippen molar-refractivity contribution in [3.05, 3.63) is 72.9 Å². The standard InChI is InChI=1S/C42H73NO5S/c1-3-5-7-9-11-13-15-16-17-18-19-20-21-22-23-24-25-26-28-30-32-34-36-38-42(45)43-40(39-49(46,47)48)41(44)37-35-33-31-29-27-14-12-10-8-6-4-2/h5,7,11,13,16-17,19-20,22-23,25-26,40-41,44H,3-4,6,8-10,12,14-15,18,21,24,27-39H2,1-2H3,(H,43,45)(H,46,47,48)/b7-5-,13-11-,17-16-,20-19-,23-22-,26-25-. The predicted octanol–water partition coefficient (Wildman–Crippen LogP) is 11.5. The number of unbranched alkanes of at least 4 members (excludes halogenated alkanes) is 14. The third-order valence-corrected chi connectivity index (χ3v) is 9.21. The van der Waals surface area contributed by atoms with E-state index in [0.717, 1.165) is 83.5 Å². The van der Waals surface area contributed by atoms with Gasteiger partial charge in [0.05, 0.1) is 17.9 Å². The highest BCUT2D eigenvalue weighted by Crippen LogP contribution is 2.14. The molecule has 2 atom stereocenters. The number of allylic oxidation sites excluding steroid dienone is 12. The van der Waals surface area contributed by atoms with Crippen LogP contribution in [0.1, 0.15) is 168 Å². The van der Waals surface area contributed by atoms with Crippen LogP contribution in [0.25, 0.3) is 0 Å². The molecule has 0 rings (SSSR count). The van der Waals surface area contributed by atoms with Crippen molar-refractivity contribution in [2.45, 2.75) is 180 Å². The lowest BCUT2D eigenvalue weighted by molar-refractivity contribution is -0.122. The van der Waals surface area contributed by atoms with Crippen molar-refractivity contribution < 1.29 is 22.9 Å². The summed E-state index contributed by atoms with van der Waals surface area (Å²) in [5.74, 6) is -0.937. The third kappa shape index (κ3) is 36.9. The molecular formula is C42H73NO5S. The molecule has 0 heterocycles. The Balaban J connectivity index is 3.96. The fourth-order valence-electron chi connectivity index (χ4n) is 5.51. The van der Waals surface area contributed by atoms with Crippen molar-refractivity contribution in [1.29, 1.82) is 0 Å². The number of amides is 1. The van der Waals surface area contributed by atoms with Gasteiger partial charge in [-0.25, -0.2) is 0 Å². The van der Waals surface area contributed by atoms with Gasteiger partial charge in [-0.05, 0) is 64.2 Å². The fourth-order valence-corrected chi connectivity index (χ4v) is 6.27. The van der Waals surface area contributed by atoms with E-state index in [2.05, 4.69) is 92.1 Å². The zero-order valence-corrected chi connectivity index (χ0v) is 32.1. The minimum atomic E-state index is -4.32. The fraction of sp³-hybridized carbons (Fsp3) is 0.690. The second kappa shape index (κ2) is 35.6. The summed E-state index contributed by atoms with van der Waals surface area (Å²) in [5.41, 5.74) is 0. The topological polar surface area (TPSA) is 104 Å². The van der Waals surface area contributed by atoms with Crippen LogP contribution in [-0.2, 0) is 14.9 Å². The molecule has 0 aromatic carbocycles. The molecule has 0 spiro atoms. The molecule has 1 amide bonds. The van der Waals surface area contributed by atoms with Crippen LogP contribution in [0.2, 0.25) is 0 Å². The van der Waals surface area contributed by atoms with E-state index >= 15 is 0 Å². The SMILES string of the molecule is CC/C=C\C/C=C\C/C=C\C/C=C\C/C=C\C/C=C\CCCCCCC(=O)NC(CS(=O)(=O)O)C(O)CCCCCCCCCCCCC. The summed E-state index contributed by atoms with van der Waals surface area (Å²) < 4.78 is 32.4. The second-order valence-electron chi connectivity index (χ2n) is 13.2. The second-order valence-corrected chi connectivity index (χ2v) is 14.7. The molecule has 3 N–H and O–H groups in total. The lowest BCUT2D eigenvalue weighted by atomic mass is 10.0. The van der Waals surface area contributed by atoms with Crippen LogP contribution in [-0.4, -0.2) is 41.9 Å². The Morgan fingerprint density at radius 3 is 1.45 bits per heavy atom. The van der Waals surface area contributed by atoms with Gasteiger partial charge in [-0.1, -0.05) is 170 Å². The molecule has 0 radical (unpaired) electrons. The minimum Gasteiger partial charge on any atom is -0.391 e. The molecule has 2 unspecified atom stereocenters. The first-order valence-electron chi connectivity index (χ1n) is 19.6. The number of nitrogens with one attached hydrogen (secondary N) is 1. The molecule has 0 aromatic rings. The molecule has 282 valence electrons. The van der Waals surface area contributed by atoms with Gasteiger partial charge >= 0.3 is 0 Å². The molecule has 6 nitrogen and oxygen atoms in total. The summed E-state index contributed by atoms with van der Waals surface area (Å²) >= 11 is 0. The van der Waals surface area contributed by atoms with Gasteiger partial charge in [-0.2, -0.15) is 8.42 Å². The first-order valence-corrected chi connectivity index (χ1v) is 21.2. The van der Waals surface area contributed by atoms with Crippen LogP contribution in [0.3, 0.4) is 0 Å². The van der Waals surface area contributed by atoms with Crippen molar-refractivity contribution in [2.75, 3.05) is 5.75 Å². The molecule has 0 aliphatic carbocycles. The third-order valence-electron chi connectivity index (χ3n) is 8.43. The molecule has 0 aliphatic rings. The first-order chi connectivity index (χ1) is 23.8. The van der Waals surface area contributed by atoms with Crippen molar-refractivity contribution in [3.8, 4) is 0 Å². The summed E-state index contributed by atoms with van der Waals surface area (Å²) in [5, 5.41) is 13.3. The quantitative estimate of drug-likeness (QED) is 0.0351. The average Bonchev–Trinajstić information content (AvgIpc) is 3.06. The zero-order valence-electron chi connectivity index (χ0n) is 31.3. The van der Waals surface area contributed by atoms with Crippen LogP contribution in [0, 0.1) is 0 Å². The molecule has 0 fully saturated rings. The minimum absolute atomic E-state index is 0.274. The van der Waals surface area contributed by atoms with Gasteiger partial charge in [0.25, 0.3) is 10.1 Å². The van der Waals surface area contributed by atoms with E-state index in [1.165, 1.54) is 51.4 Å². The van der Waals surface area contributed by atoms with Crippen molar-refractivity contribution in [2.24, 2.45) is 0 Å². The van der Waals surface area contributed by atoms with E-state index in [9.17, 15) is 22.9 Å². The zero-order chi connectivity index (χ0) is 36.1. The Labute approximate surface area is 302 Å². The summed E-state index contributed by atoms with van der Waals surface area (Å²) in [6.45, 7) is 4.38. The van der Waals surface area contributed by atoms with E-state index in [1.54, 1.807) is 0 Å². The maximum Gasteiger partial charge on any atom is 0.266 e. The number of hydrogen-bond donors (Lipinski definition) is 3. The lowest BCUT2D eigenvalue weighted by Crippen LogP contribution is -2.47. The maximum absolute atomic E-state index is 12.5. The van der Waals surface area contributed by atoms with Gasteiger partial charge in [0, 0.05) is 6.42 Å². The summed E-state index contributed by atoms with van der Waals surface area (Å²) in [6.07, 6.45) is 49.9. The van der Waals surface area contributed by atoms with Crippen LogP contribution < -0.4 is 5.32 Å². The number of carbonyl (C=O) groups excluding carboxylic acids is 1. The van der Waals surface area contributed by atoms with E-state index in [4.69, 9.17) is 0 Å². The monoisotopic (exact) mass is 704 g/mol. The predicted molar refractivity (Wildman–Crippen MR) is 211 cm³/mol. The number of rotatable bonds is 34. The van der Waals surface area contributed by atoms with E-state index in [1.807, 2.05) is 0 Å². The molecule has 0 aliphatic heterocycles. The Hall–Kier alpha value is -2.22. The summed E-state index contributed by atoms with van der Waals surface area (Å²) in [6, 6.07) is -0.987. The Bertz CT molecular complexity index is 1040. The molecule has 0 aromatic heterocycles. The van der Waals surface area contributed by atoms with Gasteiger partial charge in [-0.3, -0.25) is 9.35 Å². The maximum atomic E-state index is 12.5. The number of aliphatic hydroxyl groups is 1. The van der Waals surface area contributed by atoms with Crippen LogP contribution in [0.15, 0.2) is 72.9 Å². The average molecular weight is 704 g/mol. The largest absolute Gasteiger partial charge is 0.391 e. The van der Waals surface area contributed by atoms with Crippen LogP contribution >= 0.6 is 0 Å². The van der Waals surface area contributed by atoms with Crippen molar-refractivity contribution in [3.63, 3.8) is 0 Å². The van der Waals surface area contributed by atoms with Gasteiger partial charge in [-0.15, -0.1) is 0 Å². The van der Waals surface area contributed by atoms with Gasteiger partial charge in [0.15, 0.2) is 0 Å². The highest BCUT2D eigenvalue weighted by molar-refractivity contribution is 7.85. The normalized spacial score (nSPS) is 14.1. The summed E-state index contributed by atoms with van der Waals surface area (Å²) in [7, 11) is -4.32. The molecule has 0 saturated heterocycles. The van der Waals surface area contributed by atoms with Gasteiger partial charge in [0.2, 0.25) is 5.91 Å². The van der Waals surface area contributed by atoms with E-state index < -0.39 is 28.0 Å². The smallest absolute Gasteiger partial charge is 0.266 e. The highest BCUT2D eigenvalue weighted by atomic mass is 32.2. The number of aliphatic hydroxyl groups excluding tert-OH is 1. The van der Waals surface area contributed by atoms with Gasteiger partial charge < -0.3 is 10.4 Å². The molecule has 7 heteroatoms. The van der Waals surface area contributed by atoms with E-state index in [0.29, 0.717) is 12.8 Å². The van der Waals surface area contributed by atoms with Crippen molar-refractivity contribution >= 4 is 16.0 Å². The van der Waals surface area contributed by atoms with Crippen LogP contribution in [0.4, 0.5) is 0 Å². The van der Waals surface area contributed by atoms with Crippen molar-refractivity contribution in [1.82, 2.24) is 5.32 Å². The molecular weight excluding hydrogens is 631 g/mol. The number of carbonyl (C=O) groups is 1. The highest BCUT2D eigenvalue weighted by Gasteiger charge is 2.26. The molecule has 49 heavy (non-hydrogen) atoms.